The maximum absolute atomic E-state index is 9.68. The molecule has 0 radical (unpaired) electrons. The summed E-state index contributed by atoms with van der Waals surface area (Å²) < 4.78 is 0. The van der Waals surface area contributed by atoms with Gasteiger partial charge in [0.15, 0.2) is 0 Å². The van der Waals surface area contributed by atoms with Crippen LogP contribution >= 0.6 is 0 Å². The van der Waals surface area contributed by atoms with E-state index < -0.39 is 6.23 Å². The van der Waals surface area contributed by atoms with Gasteiger partial charge in [0.25, 0.3) is 0 Å². The van der Waals surface area contributed by atoms with Crippen LogP contribution in [0.15, 0.2) is 24.3 Å². The number of aromatic amines is 1. The van der Waals surface area contributed by atoms with Crippen LogP contribution < -0.4 is 5.32 Å². The lowest BCUT2D eigenvalue weighted by molar-refractivity contribution is 0.115. The van der Waals surface area contributed by atoms with E-state index >= 15 is 0 Å². The summed E-state index contributed by atoms with van der Waals surface area (Å²) in [5.74, 6) is 0. The Hall–Kier alpha value is -1.32. The van der Waals surface area contributed by atoms with Gasteiger partial charge in [0.2, 0.25) is 0 Å². The highest BCUT2D eigenvalue weighted by atomic mass is 16.3. The van der Waals surface area contributed by atoms with Crippen LogP contribution in [0.2, 0.25) is 0 Å². The molecule has 1 aliphatic heterocycles. The number of rotatable bonds is 0. The number of benzene rings is 1. The highest BCUT2D eigenvalue weighted by Gasteiger charge is 2.24. The molecule has 1 aromatic heterocycles. The first-order valence-corrected chi connectivity index (χ1v) is 5.29. The third-order valence-electron chi connectivity index (χ3n) is 3.12. The molecule has 3 N–H and O–H groups in total. The fraction of sp³-hybridized carbons (Fsp3) is 0.333. The summed E-state index contributed by atoms with van der Waals surface area (Å²) in [6.07, 6.45) is 0.260. The van der Waals surface area contributed by atoms with Crippen molar-refractivity contribution in [3.8, 4) is 0 Å². The molecule has 2 heterocycles. The highest BCUT2D eigenvalue weighted by Crippen LogP contribution is 2.30. The van der Waals surface area contributed by atoms with E-state index in [1.807, 2.05) is 12.1 Å². The standard InChI is InChI=1S/C12H14N2O/c1-7-12-9(6-11(15)13-7)8-4-2-3-5-10(8)14-12/h2-5,7,11,13-15H,6H2,1H3/t7-,11-/m1/s1. The van der Waals surface area contributed by atoms with Crippen molar-refractivity contribution in [2.45, 2.75) is 25.6 Å². The van der Waals surface area contributed by atoms with Gasteiger partial charge in [-0.2, -0.15) is 0 Å². The maximum Gasteiger partial charge on any atom is 0.109 e. The van der Waals surface area contributed by atoms with Crippen LogP contribution in [0, 0.1) is 0 Å². The highest BCUT2D eigenvalue weighted by molar-refractivity contribution is 5.85. The number of para-hydroxylation sites is 1. The number of fused-ring (bicyclic) bond motifs is 3. The second-order valence-electron chi connectivity index (χ2n) is 4.17. The van der Waals surface area contributed by atoms with Gasteiger partial charge in [-0.3, -0.25) is 5.32 Å². The Morgan fingerprint density at radius 3 is 3.00 bits per heavy atom. The minimum atomic E-state index is -0.424. The number of hydrogen-bond donors (Lipinski definition) is 3. The Balaban J connectivity index is 2.27. The SMILES string of the molecule is C[C@H]1N[C@H](O)Cc2c1[nH]c1ccccc21. The van der Waals surface area contributed by atoms with E-state index in [-0.39, 0.29) is 6.04 Å². The Labute approximate surface area is 88.1 Å². The maximum atomic E-state index is 9.68. The molecule has 0 amide bonds. The van der Waals surface area contributed by atoms with E-state index in [0.29, 0.717) is 6.42 Å². The second kappa shape index (κ2) is 3.08. The van der Waals surface area contributed by atoms with E-state index in [9.17, 15) is 5.11 Å². The molecule has 2 aromatic rings. The average molecular weight is 202 g/mol. The molecule has 78 valence electrons. The molecule has 0 bridgehead atoms. The third kappa shape index (κ3) is 1.28. The van der Waals surface area contributed by atoms with Gasteiger partial charge in [0.1, 0.15) is 6.23 Å². The quantitative estimate of drug-likeness (QED) is 0.609. The third-order valence-corrected chi connectivity index (χ3v) is 3.12. The molecule has 2 atom stereocenters. The zero-order valence-electron chi connectivity index (χ0n) is 8.62. The topological polar surface area (TPSA) is 48.0 Å². The van der Waals surface area contributed by atoms with Gasteiger partial charge in [-0.1, -0.05) is 18.2 Å². The second-order valence-corrected chi connectivity index (χ2v) is 4.17. The van der Waals surface area contributed by atoms with Crippen LogP contribution in [-0.4, -0.2) is 16.3 Å². The Bertz CT molecular complexity index is 503. The minimum Gasteiger partial charge on any atom is -0.378 e. The number of hydrogen-bond acceptors (Lipinski definition) is 2. The average Bonchev–Trinajstić information content (AvgIpc) is 2.57. The van der Waals surface area contributed by atoms with Crippen molar-refractivity contribution < 1.29 is 5.11 Å². The minimum absolute atomic E-state index is 0.191. The fourth-order valence-electron chi connectivity index (χ4n) is 2.43. The fourth-order valence-corrected chi connectivity index (χ4v) is 2.43. The monoisotopic (exact) mass is 202 g/mol. The van der Waals surface area contributed by atoms with Crippen molar-refractivity contribution in [2.75, 3.05) is 0 Å². The van der Waals surface area contributed by atoms with Crippen molar-refractivity contribution in [3.63, 3.8) is 0 Å². The summed E-state index contributed by atoms with van der Waals surface area (Å²) >= 11 is 0. The van der Waals surface area contributed by atoms with E-state index in [4.69, 9.17) is 0 Å². The molecular formula is C12H14N2O. The van der Waals surface area contributed by atoms with Crippen LogP contribution in [0.4, 0.5) is 0 Å². The summed E-state index contributed by atoms with van der Waals surface area (Å²) in [7, 11) is 0. The molecule has 1 aliphatic rings. The summed E-state index contributed by atoms with van der Waals surface area (Å²) in [5, 5.41) is 14.0. The molecule has 3 heteroatoms. The lowest BCUT2D eigenvalue weighted by Gasteiger charge is -2.25. The Morgan fingerprint density at radius 2 is 2.13 bits per heavy atom. The number of aliphatic hydroxyl groups is 1. The van der Waals surface area contributed by atoms with Gasteiger partial charge in [-0.05, 0) is 18.6 Å². The zero-order valence-corrected chi connectivity index (χ0v) is 8.62. The molecule has 1 aromatic carbocycles. The van der Waals surface area contributed by atoms with Crippen molar-refractivity contribution in [3.05, 3.63) is 35.5 Å². The van der Waals surface area contributed by atoms with E-state index in [1.54, 1.807) is 0 Å². The molecule has 0 spiro atoms. The Kier molecular flexibility index (Phi) is 1.84. The molecular weight excluding hydrogens is 188 g/mol. The molecule has 3 nitrogen and oxygen atoms in total. The number of nitrogens with one attached hydrogen (secondary N) is 2. The van der Waals surface area contributed by atoms with Crippen LogP contribution in [0.25, 0.3) is 10.9 Å². The van der Waals surface area contributed by atoms with Gasteiger partial charge < -0.3 is 10.1 Å². The number of aromatic nitrogens is 1. The van der Waals surface area contributed by atoms with Crippen LogP contribution in [0.3, 0.4) is 0 Å². The van der Waals surface area contributed by atoms with Gasteiger partial charge in [-0.15, -0.1) is 0 Å². The first kappa shape index (κ1) is 8.95. The molecule has 0 unspecified atom stereocenters. The summed E-state index contributed by atoms with van der Waals surface area (Å²) in [6.45, 7) is 2.07. The van der Waals surface area contributed by atoms with Crippen LogP contribution in [0.5, 0.6) is 0 Å². The van der Waals surface area contributed by atoms with Gasteiger partial charge in [-0.25, -0.2) is 0 Å². The van der Waals surface area contributed by atoms with Crippen molar-refractivity contribution in [2.24, 2.45) is 0 Å². The van der Waals surface area contributed by atoms with Gasteiger partial charge in [0.05, 0.1) is 0 Å². The molecule has 3 rings (SSSR count). The smallest absolute Gasteiger partial charge is 0.109 e. The van der Waals surface area contributed by atoms with Crippen LogP contribution in [0.1, 0.15) is 24.2 Å². The lowest BCUT2D eigenvalue weighted by Crippen LogP contribution is -2.37. The van der Waals surface area contributed by atoms with E-state index in [0.717, 1.165) is 5.52 Å². The molecule has 0 aliphatic carbocycles. The summed E-state index contributed by atoms with van der Waals surface area (Å²) in [6, 6.07) is 8.44. The normalized spacial score (nSPS) is 25.5. The van der Waals surface area contributed by atoms with E-state index in [1.165, 1.54) is 16.6 Å². The first-order valence-electron chi connectivity index (χ1n) is 5.29. The zero-order chi connectivity index (χ0) is 10.4. The lowest BCUT2D eigenvalue weighted by atomic mass is 9.99. The number of aliphatic hydroxyl groups excluding tert-OH is 1. The molecule has 15 heavy (non-hydrogen) atoms. The van der Waals surface area contributed by atoms with Crippen LogP contribution in [-0.2, 0) is 6.42 Å². The first-order chi connectivity index (χ1) is 7.25. The van der Waals surface area contributed by atoms with Gasteiger partial charge >= 0.3 is 0 Å². The largest absolute Gasteiger partial charge is 0.378 e. The summed E-state index contributed by atoms with van der Waals surface area (Å²) in [5.41, 5.74) is 3.62. The van der Waals surface area contributed by atoms with Crippen molar-refractivity contribution in [1.82, 2.24) is 10.3 Å². The van der Waals surface area contributed by atoms with Gasteiger partial charge in [0, 0.05) is 29.1 Å². The summed E-state index contributed by atoms with van der Waals surface area (Å²) in [4.78, 5) is 3.41. The Morgan fingerprint density at radius 1 is 1.33 bits per heavy atom. The molecule has 0 fully saturated rings. The van der Waals surface area contributed by atoms with Crippen molar-refractivity contribution in [1.29, 1.82) is 0 Å². The number of H-pyrrole nitrogens is 1. The molecule has 0 saturated carbocycles. The predicted octanol–water partition coefficient (Wildman–Crippen LogP) is 1.69. The predicted molar refractivity (Wildman–Crippen MR) is 59.6 cm³/mol. The van der Waals surface area contributed by atoms with Crippen molar-refractivity contribution >= 4 is 10.9 Å². The molecule has 0 saturated heterocycles. The van der Waals surface area contributed by atoms with E-state index in [2.05, 4.69) is 29.4 Å².